The van der Waals surface area contributed by atoms with Gasteiger partial charge in [-0.25, -0.2) is 8.78 Å². The Morgan fingerprint density at radius 2 is 1.15 bits per heavy atom. The molecule has 220 valence electrons. The quantitative estimate of drug-likeness (QED) is 0.264. The first-order valence-corrected chi connectivity index (χ1v) is 14.2. The average Bonchev–Trinajstić information content (AvgIpc) is 2.93. The van der Waals surface area contributed by atoms with E-state index in [0.717, 1.165) is 24.8 Å². The van der Waals surface area contributed by atoms with Crippen LogP contribution >= 0.6 is 0 Å². The monoisotopic (exact) mass is 578 g/mol. The van der Waals surface area contributed by atoms with Crippen LogP contribution in [0.2, 0.25) is 0 Å². The van der Waals surface area contributed by atoms with E-state index in [4.69, 9.17) is 4.74 Å². The van der Waals surface area contributed by atoms with Gasteiger partial charge in [-0.15, -0.1) is 0 Å². The van der Waals surface area contributed by atoms with Crippen LogP contribution in [0.15, 0.2) is 60.7 Å². The molecule has 2 saturated carbocycles. The summed E-state index contributed by atoms with van der Waals surface area (Å²) in [5.74, 6) is -1.12. The average molecular weight is 579 g/mol. The van der Waals surface area contributed by atoms with Crippen LogP contribution in [0.25, 0.3) is 22.3 Å². The Labute approximate surface area is 235 Å². The molecule has 0 radical (unpaired) electrons. The van der Waals surface area contributed by atoms with Gasteiger partial charge >= 0.3 is 12.3 Å². The van der Waals surface area contributed by atoms with Crippen molar-refractivity contribution >= 4 is 0 Å². The molecule has 0 atom stereocenters. The maximum atomic E-state index is 15.1. The van der Waals surface area contributed by atoms with Crippen LogP contribution in [0.4, 0.5) is 30.7 Å². The van der Waals surface area contributed by atoms with Gasteiger partial charge in [-0.1, -0.05) is 50.1 Å². The van der Waals surface area contributed by atoms with E-state index in [2.05, 4.69) is 6.92 Å². The lowest BCUT2D eigenvalue weighted by atomic mass is 9.69. The molecule has 3 aromatic rings. The number of alkyl halides is 5. The molecule has 0 aromatic heterocycles. The predicted octanol–water partition coefficient (Wildman–Crippen LogP) is 10.9. The van der Waals surface area contributed by atoms with Crippen LogP contribution in [-0.2, 0) is 6.18 Å². The van der Waals surface area contributed by atoms with E-state index in [0.29, 0.717) is 47.9 Å². The third-order valence-electron chi connectivity index (χ3n) is 8.97. The molecule has 0 bridgehead atoms. The molecule has 8 heteroatoms. The zero-order valence-corrected chi connectivity index (χ0v) is 22.8. The van der Waals surface area contributed by atoms with Crippen molar-refractivity contribution in [2.45, 2.75) is 70.6 Å². The van der Waals surface area contributed by atoms with E-state index in [1.165, 1.54) is 56.0 Å². The Kier molecular flexibility index (Phi) is 8.40. The third kappa shape index (κ3) is 6.73. The predicted molar refractivity (Wildman–Crippen MR) is 144 cm³/mol. The minimum absolute atomic E-state index is 0.0134. The summed E-state index contributed by atoms with van der Waals surface area (Å²) in [6.45, 7) is 2.28. The van der Waals surface area contributed by atoms with Gasteiger partial charge in [-0.3, -0.25) is 0 Å². The Hall–Kier alpha value is -3.03. The van der Waals surface area contributed by atoms with E-state index in [1.807, 2.05) is 0 Å². The molecule has 2 aliphatic rings. The molecule has 5 rings (SSSR count). The molecule has 0 N–H and O–H groups in total. The lowest BCUT2D eigenvalue weighted by molar-refractivity contribution is -0.224. The van der Waals surface area contributed by atoms with Crippen molar-refractivity contribution in [3.63, 3.8) is 0 Å². The Morgan fingerprint density at radius 3 is 1.71 bits per heavy atom. The summed E-state index contributed by atoms with van der Waals surface area (Å²) in [6, 6.07) is 12.2. The third-order valence-corrected chi connectivity index (χ3v) is 8.97. The molecule has 0 heterocycles. The highest BCUT2D eigenvalue weighted by molar-refractivity contribution is 5.71. The molecule has 1 nitrogen and oxygen atoms in total. The lowest BCUT2D eigenvalue weighted by Gasteiger charge is -2.38. The summed E-state index contributed by atoms with van der Waals surface area (Å²) in [5, 5.41) is 0. The van der Waals surface area contributed by atoms with Crippen molar-refractivity contribution in [2.24, 2.45) is 23.7 Å². The molecular weight excluding hydrogens is 545 g/mol. The lowest BCUT2D eigenvalue weighted by Crippen LogP contribution is -2.38. The fourth-order valence-corrected chi connectivity index (χ4v) is 6.48. The summed E-state index contributed by atoms with van der Waals surface area (Å²) >= 11 is 0. The smallest absolute Gasteiger partial charge is 0.419 e. The first kappa shape index (κ1) is 29.5. The van der Waals surface area contributed by atoms with Crippen LogP contribution in [0.3, 0.4) is 0 Å². The van der Waals surface area contributed by atoms with Crippen molar-refractivity contribution in [1.29, 1.82) is 0 Å². The van der Waals surface area contributed by atoms with E-state index in [-0.39, 0.29) is 16.9 Å². The number of rotatable bonds is 6. The summed E-state index contributed by atoms with van der Waals surface area (Å²) in [6.07, 6.45) is -0.773. The van der Waals surface area contributed by atoms with Crippen molar-refractivity contribution in [3.05, 3.63) is 77.9 Å². The summed E-state index contributed by atoms with van der Waals surface area (Å²) < 4.78 is 103. The zero-order valence-electron chi connectivity index (χ0n) is 22.8. The Bertz CT molecular complexity index is 1330. The number of halogens is 7. The van der Waals surface area contributed by atoms with Crippen LogP contribution < -0.4 is 4.74 Å². The fourth-order valence-electron chi connectivity index (χ4n) is 6.48. The second-order valence-corrected chi connectivity index (χ2v) is 11.7. The van der Waals surface area contributed by atoms with Crippen LogP contribution in [-0.4, -0.2) is 6.11 Å². The molecular formula is C33H33F7O. The largest absolute Gasteiger partial charge is 0.432 e. The molecule has 2 aliphatic carbocycles. The van der Waals surface area contributed by atoms with E-state index < -0.39 is 35.4 Å². The molecule has 2 fully saturated rings. The van der Waals surface area contributed by atoms with E-state index in [1.54, 1.807) is 12.1 Å². The molecule has 0 saturated heterocycles. The van der Waals surface area contributed by atoms with Gasteiger partial charge in [0, 0.05) is 5.56 Å². The van der Waals surface area contributed by atoms with Gasteiger partial charge in [-0.05, 0) is 103 Å². The van der Waals surface area contributed by atoms with Gasteiger partial charge in [0.2, 0.25) is 0 Å². The number of hydrogen-bond acceptors (Lipinski definition) is 1. The molecule has 0 aliphatic heterocycles. The van der Waals surface area contributed by atoms with Gasteiger partial charge in [0.25, 0.3) is 0 Å². The Morgan fingerprint density at radius 1 is 0.610 bits per heavy atom. The molecule has 41 heavy (non-hydrogen) atoms. The first-order chi connectivity index (χ1) is 19.4. The minimum Gasteiger partial charge on any atom is -0.432 e. The van der Waals surface area contributed by atoms with Crippen LogP contribution in [0.5, 0.6) is 5.75 Å². The van der Waals surface area contributed by atoms with Gasteiger partial charge < -0.3 is 4.74 Å². The zero-order chi connectivity index (χ0) is 29.4. The molecule has 0 amide bonds. The van der Waals surface area contributed by atoms with Gasteiger partial charge in [-0.2, -0.15) is 22.0 Å². The Balaban J connectivity index is 1.21. The second kappa shape index (κ2) is 11.7. The SMILES string of the molecule is CC1CCC(C2CCC(C(F)(F)Oc3ccc(-c4ccc(-c5ccc(C(F)(F)F)c(F)c5)c(F)c4)cc3)CC2)CC1. The molecule has 0 spiro atoms. The highest BCUT2D eigenvalue weighted by Crippen LogP contribution is 2.45. The summed E-state index contributed by atoms with van der Waals surface area (Å²) in [7, 11) is 0. The van der Waals surface area contributed by atoms with Gasteiger partial charge in [0.05, 0.1) is 11.5 Å². The van der Waals surface area contributed by atoms with Crippen LogP contribution in [0, 0.1) is 35.3 Å². The second-order valence-electron chi connectivity index (χ2n) is 11.7. The van der Waals surface area contributed by atoms with Gasteiger partial charge in [0.1, 0.15) is 17.4 Å². The van der Waals surface area contributed by atoms with Crippen molar-refractivity contribution in [2.75, 3.05) is 0 Å². The number of ether oxygens (including phenoxy) is 1. The van der Waals surface area contributed by atoms with Crippen LogP contribution in [0.1, 0.15) is 63.9 Å². The van der Waals surface area contributed by atoms with Crippen molar-refractivity contribution in [3.8, 4) is 28.0 Å². The van der Waals surface area contributed by atoms with E-state index in [9.17, 15) is 22.0 Å². The molecule has 3 aromatic carbocycles. The number of benzene rings is 3. The minimum atomic E-state index is -4.85. The maximum Gasteiger partial charge on any atom is 0.419 e. The normalized spacial score (nSPS) is 23.8. The highest BCUT2D eigenvalue weighted by atomic mass is 19.4. The van der Waals surface area contributed by atoms with Gasteiger partial charge in [0.15, 0.2) is 0 Å². The van der Waals surface area contributed by atoms with Crippen molar-refractivity contribution in [1.82, 2.24) is 0 Å². The summed E-state index contributed by atoms with van der Waals surface area (Å²) in [4.78, 5) is 0. The topological polar surface area (TPSA) is 9.23 Å². The first-order valence-electron chi connectivity index (χ1n) is 14.2. The van der Waals surface area contributed by atoms with Crippen molar-refractivity contribution < 1.29 is 35.5 Å². The summed E-state index contributed by atoms with van der Waals surface area (Å²) in [5.41, 5.74) is -0.561. The fraction of sp³-hybridized carbons (Fsp3) is 0.455. The standard InChI is InChI=1S/C33H33F7O/c1-20-2-4-21(5-3-20)22-6-12-26(13-7-22)33(39,40)41-27-14-8-23(9-15-27)24-10-16-28(30(34)18-24)25-11-17-29(31(35)19-25)32(36,37)38/h8-11,14-22,26H,2-7,12-13H2,1H3. The van der Waals surface area contributed by atoms with E-state index >= 15 is 8.78 Å². The maximum absolute atomic E-state index is 15.1. The number of hydrogen-bond donors (Lipinski definition) is 0. The highest BCUT2D eigenvalue weighted by Gasteiger charge is 2.45. The molecule has 0 unspecified atom stereocenters.